The van der Waals surface area contributed by atoms with Crippen LogP contribution in [0.3, 0.4) is 0 Å². The molecular formula is C16H17N3OS. The molecule has 0 fully saturated rings. The first-order chi connectivity index (χ1) is 10.2. The zero-order chi connectivity index (χ0) is 14.8. The van der Waals surface area contributed by atoms with E-state index in [4.69, 9.17) is 9.72 Å². The molecule has 0 saturated heterocycles. The van der Waals surface area contributed by atoms with Crippen molar-refractivity contribution in [3.8, 4) is 17.4 Å². The highest BCUT2D eigenvalue weighted by Crippen LogP contribution is 2.37. The Labute approximate surface area is 127 Å². The second-order valence-electron chi connectivity index (χ2n) is 4.95. The van der Waals surface area contributed by atoms with Crippen molar-refractivity contribution in [2.45, 2.75) is 26.2 Å². The van der Waals surface area contributed by atoms with Gasteiger partial charge in [-0.25, -0.2) is 4.98 Å². The van der Waals surface area contributed by atoms with E-state index in [0.29, 0.717) is 17.6 Å². The van der Waals surface area contributed by atoms with Gasteiger partial charge in [0.15, 0.2) is 5.82 Å². The number of fused-ring (bicyclic) bond motifs is 1. The highest BCUT2D eigenvalue weighted by Gasteiger charge is 2.18. The van der Waals surface area contributed by atoms with Gasteiger partial charge in [0, 0.05) is 6.20 Å². The topological polar surface area (TPSA) is 47.9 Å². The highest BCUT2D eigenvalue weighted by atomic mass is 32.1. The molecule has 0 radical (unpaired) electrons. The predicted molar refractivity (Wildman–Crippen MR) is 85.9 cm³/mol. The van der Waals surface area contributed by atoms with Crippen LogP contribution in [0.25, 0.3) is 21.7 Å². The zero-order valence-electron chi connectivity index (χ0n) is 12.3. The number of methoxy groups -OCH3 is 1. The van der Waals surface area contributed by atoms with E-state index in [1.807, 2.05) is 18.2 Å². The van der Waals surface area contributed by atoms with Crippen LogP contribution in [0.2, 0.25) is 0 Å². The van der Waals surface area contributed by atoms with E-state index in [1.54, 1.807) is 24.6 Å². The van der Waals surface area contributed by atoms with Crippen LogP contribution < -0.4 is 4.74 Å². The van der Waals surface area contributed by atoms with Gasteiger partial charge in [-0.3, -0.25) is 4.98 Å². The lowest BCUT2D eigenvalue weighted by molar-refractivity contribution is 0.404. The van der Waals surface area contributed by atoms with Gasteiger partial charge >= 0.3 is 0 Å². The summed E-state index contributed by atoms with van der Waals surface area (Å²) in [6.07, 6.45) is 2.83. The zero-order valence-corrected chi connectivity index (χ0v) is 13.1. The van der Waals surface area contributed by atoms with Crippen molar-refractivity contribution in [3.63, 3.8) is 0 Å². The molecule has 3 aromatic heterocycles. The molecule has 108 valence electrons. The molecule has 0 spiro atoms. The SMILES string of the molecule is CCC(C)c1csc2c(OC)nc(-c3ccccn3)nc12. The minimum atomic E-state index is 0.468. The summed E-state index contributed by atoms with van der Waals surface area (Å²) >= 11 is 1.64. The minimum absolute atomic E-state index is 0.468. The molecule has 1 atom stereocenters. The number of pyridine rings is 1. The Morgan fingerprint density at radius 3 is 2.81 bits per heavy atom. The van der Waals surface area contributed by atoms with Crippen molar-refractivity contribution in [2.75, 3.05) is 7.11 Å². The third kappa shape index (κ3) is 2.49. The van der Waals surface area contributed by atoms with Crippen molar-refractivity contribution in [1.29, 1.82) is 0 Å². The number of thiophene rings is 1. The van der Waals surface area contributed by atoms with E-state index < -0.39 is 0 Å². The van der Waals surface area contributed by atoms with Gasteiger partial charge in [-0.15, -0.1) is 11.3 Å². The van der Waals surface area contributed by atoms with Crippen LogP contribution in [0.15, 0.2) is 29.8 Å². The number of rotatable bonds is 4. The predicted octanol–water partition coefficient (Wildman–Crippen LogP) is 4.28. The Kier molecular flexibility index (Phi) is 3.84. The number of nitrogens with zero attached hydrogens (tertiary/aromatic N) is 3. The fourth-order valence-electron chi connectivity index (χ4n) is 2.23. The van der Waals surface area contributed by atoms with E-state index >= 15 is 0 Å². The van der Waals surface area contributed by atoms with Gasteiger partial charge in [-0.1, -0.05) is 19.9 Å². The van der Waals surface area contributed by atoms with Gasteiger partial charge in [0.05, 0.1) is 12.6 Å². The van der Waals surface area contributed by atoms with Gasteiger partial charge in [0.25, 0.3) is 0 Å². The molecule has 3 rings (SSSR count). The summed E-state index contributed by atoms with van der Waals surface area (Å²) in [7, 11) is 1.65. The Bertz CT molecular complexity index is 755. The van der Waals surface area contributed by atoms with Crippen molar-refractivity contribution in [2.24, 2.45) is 0 Å². The van der Waals surface area contributed by atoms with Crippen LogP contribution in [0.1, 0.15) is 31.7 Å². The largest absolute Gasteiger partial charge is 0.480 e. The summed E-state index contributed by atoms with van der Waals surface area (Å²) in [5.74, 6) is 1.71. The van der Waals surface area contributed by atoms with E-state index in [2.05, 4.69) is 29.2 Å². The molecule has 0 N–H and O–H groups in total. The fraction of sp³-hybridized carbons (Fsp3) is 0.312. The Morgan fingerprint density at radius 2 is 2.14 bits per heavy atom. The van der Waals surface area contributed by atoms with Crippen LogP contribution in [0, 0.1) is 0 Å². The maximum Gasteiger partial charge on any atom is 0.235 e. The van der Waals surface area contributed by atoms with Crippen molar-refractivity contribution in [1.82, 2.24) is 15.0 Å². The lowest BCUT2D eigenvalue weighted by Crippen LogP contribution is -1.98. The minimum Gasteiger partial charge on any atom is -0.480 e. The second kappa shape index (κ2) is 5.77. The number of hydrogen-bond donors (Lipinski definition) is 0. The molecule has 0 bridgehead atoms. The first-order valence-corrected chi connectivity index (χ1v) is 7.87. The lowest BCUT2D eigenvalue weighted by atomic mass is 10.0. The van der Waals surface area contributed by atoms with Crippen LogP contribution in [0.4, 0.5) is 0 Å². The molecular weight excluding hydrogens is 282 g/mol. The second-order valence-corrected chi connectivity index (χ2v) is 5.83. The van der Waals surface area contributed by atoms with Crippen LogP contribution >= 0.6 is 11.3 Å². The summed E-state index contributed by atoms with van der Waals surface area (Å²) in [6.45, 7) is 4.41. The van der Waals surface area contributed by atoms with E-state index in [0.717, 1.165) is 22.3 Å². The lowest BCUT2D eigenvalue weighted by Gasteiger charge is -2.08. The van der Waals surface area contributed by atoms with Gasteiger partial charge in [-0.05, 0) is 35.4 Å². The van der Waals surface area contributed by atoms with E-state index in [-0.39, 0.29) is 0 Å². The van der Waals surface area contributed by atoms with Crippen molar-refractivity contribution in [3.05, 3.63) is 35.3 Å². The fourth-order valence-corrected chi connectivity index (χ4v) is 3.32. The average Bonchev–Trinajstić information content (AvgIpc) is 2.98. The molecule has 0 aliphatic heterocycles. The summed E-state index contributed by atoms with van der Waals surface area (Å²) in [5, 5.41) is 2.16. The van der Waals surface area contributed by atoms with Gasteiger partial charge < -0.3 is 4.74 Å². The molecule has 3 aromatic rings. The van der Waals surface area contributed by atoms with E-state index in [9.17, 15) is 0 Å². The first kappa shape index (κ1) is 13.9. The summed E-state index contributed by atoms with van der Waals surface area (Å²) in [5.41, 5.74) is 3.01. The highest BCUT2D eigenvalue weighted by molar-refractivity contribution is 7.17. The molecule has 4 nitrogen and oxygen atoms in total. The van der Waals surface area contributed by atoms with Gasteiger partial charge in [-0.2, -0.15) is 4.98 Å². The average molecular weight is 299 g/mol. The molecule has 1 unspecified atom stereocenters. The van der Waals surface area contributed by atoms with Gasteiger partial charge in [0.2, 0.25) is 5.88 Å². The van der Waals surface area contributed by atoms with Gasteiger partial charge in [0.1, 0.15) is 10.4 Å². The monoisotopic (exact) mass is 299 g/mol. The van der Waals surface area contributed by atoms with Crippen LogP contribution in [-0.4, -0.2) is 22.1 Å². The summed E-state index contributed by atoms with van der Waals surface area (Å²) in [6, 6.07) is 5.73. The standard InChI is InChI=1S/C16H17N3OS/c1-4-10(2)11-9-21-14-13(11)18-15(19-16(14)20-3)12-7-5-6-8-17-12/h5-10H,4H2,1-3H3. The molecule has 0 amide bonds. The molecule has 0 aliphatic rings. The van der Waals surface area contributed by atoms with Crippen molar-refractivity contribution < 1.29 is 4.74 Å². The molecule has 0 aromatic carbocycles. The summed E-state index contributed by atoms with van der Waals surface area (Å²) in [4.78, 5) is 13.6. The maximum atomic E-state index is 5.45. The maximum absolute atomic E-state index is 5.45. The molecule has 0 aliphatic carbocycles. The molecule has 0 saturated carbocycles. The number of hydrogen-bond acceptors (Lipinski definition) is 5. The smallest absolute Gasteiger partial charge is 0.235 e. The third-order valence-electron chi connectivity index (χ3n) is 3.64. The Balaban J connectivity index is 2.23. The third-order valence-corrected chi connectivity index (χ3v) is 4.62. The van der Waals surface area contributed by atoms with Crippen LogP contribution in [0.5, 0.6) is 5.88 Å². The van der Waals surface area contributed by atoms with E-state index in [1.165, 1.54) is 5.56 Å². The molecule has 3 heterocycles. The first-order valence-electron chi connectivity index (χ1n) is 6.99. The number of aromatic nitrogens is 3. The van der Waals surface area contributed by atoms with Crippen molar-refractivity contribution >= 4 is 21.6 Å². The normalized spacial score (nSPS) is 12.5. The number of ether oxygens (including phenoxy) is 1. The Morgan fingerprint density at radius 1 is 1.29 bits per heavy atom. The molecule has 5 heteroatoms. The molecule has 21 heavy (non-hydrogen) atoms. The quantitative estimate of drug-likeness (QED) is 0.721. The Hall–Kier alpha value is -2.01. The summed E-state index contributed by atoms with van der Waals surface area (Å²) < 4.78 is 6.45. The van der Waals surface area contributed by atoms with Crippen LogP contribution in [-0.2, 0) is 0 Å².